The van der Waals surface area contributed by atoms with Crippen molar-refractivity contribution < 1.29 is 18.0 Å². The lowest BCUT2D eigenvalue weighted by Crippen LogP contribution is -2.49. The number of hydrogen-bond acceptors (Lipinski definition) is 7. The molecule has 0 saturated carbocycles. The van der Waals surface area contributed by atoms with Gasteiger partial charge in [0.25, 0.3) is 5.91 Å². The molecule has 10 heteroatoms. The fourth-order valence-electron chi connectivity index (χ4n) is 2.40. The molecule has 0 spiro atoms. The van der Waals surface area contributed by atoms with Gasteiger partial charge in [0.1, 0.15) is 10.4 Å². The Hall–Kier alpha value is -1.49. The fourth-order valence-corrected chi connectivity index (χ4v) is 5.78. The predicted octanol–water partition coefficient (Wildman–Crippen LogP) is 1.76. The number of sulfone groups is 1. The van der Waals surface area contributed by atoms with Crippen LogP contribution in [0.3, 0.4) is 0 Å². The molecule has 0 aromatic carbocycles. The second-order valence-corrected chi connectivity index (χ2v) is 10.1. The van der Waals surface area contributed by atoms with Gasteiger partial charge in [-0.15, -0.1) is 11.3 Å². The minimum absolute atomic E-state index is 0.165. The smallest absolute Gasteiger partial charge is 0.266 e. The lowest BCUT2D eigenvalue weighted by Gasteiger charge is -2.23. The molecule has 1 saturated heterocycles. The van der Waals surface area contributed by atoms with Gasteiger partial charge in [-0.3, -0.25) is 14.5 Å². The minimum Gasteiger partial charge on any atom is -0.347 e. The van der Waals surface area contributed by atoms with Gasteiger partial charge in [0.15, 0.2) is 9.84 Å². The molecule has 1 aromatic rings. The van der Waals surface area contributed by atoms with Gasteiger partial charge in [-0.2, -0.15) is 0 Å². The molecule has 2 aliphatic heterocycles. The first-order chi connectivity index (χ1) is 11.8. The van der Waals surface area contributed by atoms with E-state index < -0.39 is 27.8 Å². The maximum absolute atomic E-state index is 12.6. The lowest BCUT2D eigenvalue weighted by atomic mass is 10.2. The molecule has 3 rings (SSSR count). The summed E-state index contributed by atoms with van der Waals surface area (Å²) in [4.78, 5) is 27.6. The van der Waals surface area contributed by atoms with Crippen molar-refractivity contribution in [1.82, 2.24) is 10.2 Å². The second kappa shape index (κ2) is 7.02. The maximum Gasteiger partial charge on any atom is 0.266 e. The summed E-state index contributed by atoms with van der Waals surface area (Å²) < 4.78 is 23.1. The Balaban J connectivity index is 1.70. The number of hydrogen-bond donors (Lipinski definition) is 1. The van der Waals surface area contributed by atoms with Crippen LogP contribution in [0.5, 0.6) is 0 Å². The van der Waals surface area contributed by atoms with Crippen LogP contribution in [-0.2, 0) is 19.4 Å². The Morgan fingerprint density at radius 2 is 2.28 bits per heavy atom. The topological polar surface area (TPSA) is 83.6 Å². The normalized spacial score (nSPS) is 24.9. The summed E-state index contributed by atoms with van der Waals surface area (Å²) >= 11 is 7.90. The maximum atomic E-state index is 12.6. The Labute approximate surface area is 158 Å². The highest BCUT2D eigenvalue weighted by molar-refractivity contribution is 8.26. The van der Waals surface area contributed by atoms with Crippen molar-refractivity contribution in [1.29, 1.82) is 0 Å². The van der Waals surface area contributed by atoms with E-state index in [-0.39, 0.29) is 11.7 Å². The van der Waals surface area contributed by atoms with Gasteiger partial charge in [-0.05, 0) is 30.5 Å². The van der Waals surface area contributed by atoms with Gasteiger partial charge < -0.3 is 5.32 Å². The number of amides is 2. The van der Waals surface area contributed by atoms with E-state index in [0.29, 0.717) is 9.23 Å². The number of carbonyl (C=O) groups excluding carboxylic acids is 2. The SMILES string of the molecule is C[C@H](C(=O)N[C@H]1C=CS(=O)(=O)C1)N1C(=O)/C(=C/c2cccs2)SC1=S. The van der Waals surface area contributed by atoms with E-state index in [1.165, 1.54) is 22.3 Å². The predicted molar refractivity (Wildman–Crippen MR) is 104 cm³/mol. The average molecular weight is 415 g/mol. The van der Waals surface area contributed by atoms with Crippen LogP contribution in [0.1, 0.15) is 11.8 Å². The summed E-state index contributed by atoms with van der Waals surface area (Å²) in [6.07, 6.45) is 3.18. The highest BCUT2D eigenvalue weighted by Crippen LogP contribution is 2.34. The third-order valence-electron chi connectivity index (χ3n) is 3.66. The van der Waals surface area contributed by atoms with Gasteiger partial charge in [0.05, 0.1) is 16.7 Å². The van der Waals surface area contributed by atoms with Crippen LogP contribution >= 0.6 is 35.3 Å². The summed E-state index contributed by atoms with van der Waals surface area (Å²) in [5.41, 5.74) is 0. The van der Waals surface area contributed by atoms with Crippen molar-refractivity contribution in [2.75, 3.05) is 5.75 Å². The standard InChI is InChI=1S/C15H14N2O4S4/c1-9(13(18)16-10-4-6-25(20,21)8-10)17-14(19)12(24-15(17)22)7-11-3-2-5-23-11/h2-7,9-10H,8H2,1H3,(H,16,18)/b12-7-/t9-,10+/m1/s1. The first-order valence-electron chi connectivity index (χ1n) is 7.29. The van der Waals surface area contributed by atoms with E-state index in [0.717, 1.165) is 22.0 Å². The summed E-state index contributed by atoms with van der Waals surface area (Å²) in [5, 5.41) is 5.63. The lowest BCUT2D eigenvalue weighted by molar-refractivity contribution is -0.132. The zero-order valence-corrected chi connectivity index (χ0v) is 16.3. The van der Waals surface area contributed by atoms with Crippen LogP contribution in [0.25, 0.3) is 6.08 Å². The number of thioether (sulfide) groups is 1. The Kier molecular flexibility index (Phi) is 5.14. The third-order valence-corrected chi connectivity index (χ3v) is 7.21. The molecule has 132 valence electrons. The van der Waals surface area contributed by atoms with Crippen LogP contribution < -0.4 is 5.32 Å². The molecular weight excluding hydrogens is 400 g/mol. The van der Waals surface area contributed by atoms with Crippen molar-refractivity contribution >= 4 is 67.4 Å². The Morgan fingerprint density at radius 3 is 2.88 bits per heavy atom. The largest absolute Gasteiger partial charge is 0.347 e. The number of nitrogens with zero attached hydrogens (tertiary/aromatic N) is 1. The summed E-state index contributed by atoms with van der Waals surface area (Å²) in [6, 6.07) is 2.37. The quantitative estimate of drug-likeness (QED) is 0.597. The first kappa shape index (κ1) is 18.3. The average Bonchev–Trinajstić information content (AvgIpc) is 3.21. The molecule has 25 heavy (non-hydrogen) atoms. The van der Waals surface area contributed by atoms with Crippen molar-refractivity contribution in [3.05, 3.63) is 38.8 Å². The molecular formula is C15H14N2O4S4. The van der Waals surface area contributed by atoms with Crippen LogP contribution in [0.15, 0.2) is 33.9 Å². The summed E-state index contributed by atoms with van der Waals surface area (Å²) in [6.45, 7) is 1.57. The number of thiocarbonyl (C=S) groups is 1. The van der Waals surface area contributed by atoms with E-state index in [2.05, 4.69) is 5.32 Å². The summed E-state index contributed by atoms with van der Waals surface area (Å²) in [5.74, 6) is -0.927. The van der Waals surface area contributed by atoms with Gasteiger partial charge in [0.2, 0.25) is 5.91 Å². The molecule has 2 aliphatic rings. The van der Waals surface area contributed by atoms with Gasteiger partial charge >= 0.3 is 0 Å². The molecule has 3 heterocycles. The van der Waals surface area contributed by atoms with Crippen molar-refractivity contribution in [3.63, 3.8) is 0 Å². The molecule has 2 amide bonds. The van der Waals surface area contributed by atoms with Crippen molar-refractivity contribution in [2.24, 2.45) is 0 Å². The van der Waals surface area contributed by atoms with Gasteiger partial charge in [0, 0.05) is 10.3 Å². The first-order valence-corrected chi connectivity index (χ1v) is 11.1. The zero-order valence-electron chi connectivity index (χ0n) is 13.0. The molecule has 0 radical (unpaired) electrons. The van der Waals surface area contributed by atoms with Crippen LogP contribution in [-0.4, -0.2) is 47.3 Å². The fraction of sp³-hybridized carbons (Fsp3) is 0.267. The van der Waals surface area contributed by atoms with Crippen LogP contribution in [0, 0.1) is 0 Å². The molecule has 0 unspecified atom stereocenters. The zero-order chi connectivity index (χ0) is 18.2. The highest BCUT2D eigenvalue weighted by Gasteiger charge is 2.39. The molecule has 0 aliphatic carbocycles. The van der Waals surface area contributed by atoms with Gasteiger partial charge in [-0.1, -0.05) is 30.0 Å². The van der Waals surface area contributed by atoms with Crippen molar-refractivity contribution in [2.45, 2.75) is 19.0 Å². The van der Waals surface area contributed by atoms with Gasteiger partial charge in [-0.25, -0.2) is 8.42 Å². The molecule has 1 aromatic heterocycles. The number of rotatable bonds is 4. The van der Waals surface area contributed by atoms with E-state index in [9.17, 15) is 18.0 Å². The summed E-state index contributed by atoms with van der Waals surface area (Å²) in [7, 11) is -3.26. The van der Waals surface area contributed by atoms with E-state index in [4.69, 9.17) is 12.2 Å². The minimum atomic E-state index is -3.26. The Bertz CT molecular complexity index is 887. The third kappa shape index (κ3) is 4.02. The second-order valence-electron chi connectivity index (χ2n) is 5.52. The van der Waals surface area contributed by atoms with Crippen molar-refractivity contribution in [3.8, 4) is 0 Å². The molecule has 0 bridgehead atoms. The van der Waals surface area contributed by atoms with Crippen LogP contribution in [0.2, 0.25) is 0 Å². The number of carbonyl (C=O) groups is 2. The molecule has 6 nitrogen and oxygen atoms in total. The van der Waals surface area contributed by atoms with E-state index in [1.807, 2.05) is 17.5 Å². The Morgan fingerprint density at radius 1 is 1.52 bits per heavy atom. The molecule has 1 fully saturated rings. The molecule has 2 atom stereocenters. The van der Waals surface area contributed by atoms with Crippen LogP contribution in [0.4, 0.5) is 0 Å². The monoisotopic (exact) mass is 414 g/mol. The van der Waals surface area contributed by atoms with E-state index in [1.54, 1.807) is 13.0 Å². The highest BCUT2D eigenvalue weighted by atomic mass is 32.2. The van der Waals surface area contributed by atoms with E-state index >= 15 is 0 Å². The number of thiophene rings is 1. The number of nitrogens with one attached hydrogen (secondary N) is 1. The molecule has 1 N–H and O–H groups in total.